The minimum absolute atomic E-state index is 0.110. The Morgan fingerprint density at radius 1 is 1.38 bits per heavy atom. The molecule has 5 nitrogen and oxygen atoms in total. The maximum atomic E-state index is 12.4. The van der Waals surface area contributed by atoms with Crippen LogP contribution in [0.4, 0.5) is 0 Å². The van der Waals surface area contributed by atoms with E-state index in [4.69, 9.17) is 0 Å². The van der Waals surface area contributed by atoms with E-state index in [0.29, 0.717) is 6.04 Å². The van der Waals surface area contributed by atoms with Crippen LogP contribution in [0.15, 0.2) is 6.20 Å². The monoisotopic (exact) mass is 309 g/mol. The van der Waals surface area contributed by atoms with Gasteiger partial charge in [0.1, 0.15) is 4.88 Å². The van der Waals surface area contributed by atoms with E-state index in [0.717, 1.165) is 61.7 Å². The van der Waals surface area contributed by atoms with Gasteiger partial charge in [0.25, 0.3) is 5.91 Å². The molecule has 1 aromatic rings. The topological polar surface area (TPSA) is 56.7 Å². The highest BCUT2D eigenvalue weighted by Crippen LogP contribution is 2.25. The van der Waals surface area contributed by atoms with Crippen LogP contribution < -0.4 is 0 Å². The number of hydrogen-bond donors (Lipinski definition) is 1. The highest BCUT2D eigenvalue weighted by molar-refractivity contribution is 7.13. The first-order valence-corrected chi connectivity index (χ1v) is 8.66. The number of aliphatic hydroxyl groups excluding tert-OH is 1. The van der Waals surface area contributed by atoms with E-state index < -0.39 is 0 Å². The van der Waals surface area contributed by atoms with Gasteiger partial charge in [-0.3, -0.25) is 9.69 Å². The van der Waals surface area contributed by atoms with Crippen molar-refractivity contribution in [3.63, 3.8) is 0 Å². The van der Waals surface area contributed by atoms with Gasteiger partial charge >= 0.3 is 0 Å². The van der Waals surface area contributed by atoms with Crippen molar-refractivity contribution in [2.45, 2.75) is 44.8 Å². The third kappa shape index (κ3) is 3.12. The summed E-state index contributed by atoms with van der Waals surface area (Å²) in [6.45, 7) is 5.29. The van der Waals surface area contributed by atoms with Gasteiger partial charge in [0, 0.05) is 32.2 Å². The van der Waals surface area contributed by atoms with Crippen LogP contribution >= 0.6 is 11.3 Å². The number of carbonyl (C=O) groups is 1. The largest absolute Gasteiger partial charge is 0.391 e. The highest BCUT2D eigenvalue weighted by Gasteiger charge is 2.33. The molecule has 1 aromatic heterocycles. The van der Waals surface area contributed by atoms with Crippen molar-refractivity contribution in [1.82, 2.24) is 14.8 Å². The molecule has 3 rings (SSSR count). The van der Waals surface area contributed by atoms with E-state index in [1.165, 1.54) is 11.3 Å². The fourth-order valence-electron chi connectivity index (χ4n) is 3.33. The molecule has 2 aliphatic rings. The lowest BCUT2D eigenvalue weighted by molar-refractivity contribution is 0.0317. The van der Waals surface area contributed by atoms with Gasteiger partial charge < -0.3 is 10.0 Å². The van der Waals surface area contributed by atoms with Crippen LogP contribution in [-0.4, -0.2) is 64.1 Å². The predicted octanol–water partition coefficient (Wildman–Crippen LogP) is 1.38. The van der Waals surface area contributed by atoms with E-state index in [2.05, 4.69) is 16.8 Å². The van der Waals surface area contributed by atoms with Crippen molar-refractivity contribution >= 4 is 17.2 Å². The number of amides is 1. The summed E-state index contributed by atoms with van der Waals surface area (Å²) in [5.74, 6) is 0.110. The van der Waals surface area contributed by atoms with Crippen LogP contribution in [0.3, 0.4) is 0 Å². The number of rotatable bonds is 3. The number of aromatic nitrogens is 1. The lowest BCUT2D eigenvalue weighted by Crippen LogP contribution is -2.53. The van der Waals surface area contributed by atoms with Crippen molar-refractivity contribution in [3.05, 3.63) is 16.1 Å². The number of aliphatic hydroxyl groups is 1. The van der Waals surface area contributed by atoms with Gasteiger partial charge in [0.15, 0.2) is 0 Å². The Kier molecular flexibility index (Phi) is 4.57. The van der Waals surface area contributed by atoms with Gasteiger partial charge in [-0.1, -0.05) is 6.92 Å². The van der Waals surface area contributed by atoms with E-state index in [1.54, 1.807) is 6.20 Å². The van der Waals surface area contributed by atoms with Gasteiger partial charge in [-0.2, -0.15) is 0 Å². The zero-order valence-corrected chi connectivity index (χ0v) is 13.3. The maximum Gasteiger partial charge on any atom is 0.265 e. The fourth-order valence-corrected chi connectivity index (χ4v) is 4.16. The van der Waals surface area contributed by atoms with E-state index in [9.17, 15) is 9.90 Å². The molecule has 6 heteroatoms. The summed E-state index contributed by atoms with van der Waals surface area (Å²) in [5, 5.41) is 11.0. The molecule has 21 heavy (non-hydrogen) atoms. The molecule has 1 N–H and O–H groups in total. The summed E-state index contributed by atoms with van der Waals surface area (Å²) in [6.07, 6.45) is 5.53. The van der Waals surface area contributed by atoms with Gasteiger partial charge in [0.2, 0.25) is 0 Å². The number of hydrogen-bond acceptors (Lipinski definition) is 5. The second kappa shape index (κ2) is 6.42. The summed E-state index contributed by atoms with van der Waals surface area (Å²) in [6, 6.07) is 0.303. The number of aryl methyl sites for hydroxylation is 1. The summed E-state index contributed by atoms with van der Waals surface area (Å²) < 4.78 is 0. The Morgan fingerprint density at radius 3 is 2.71 bits per heavy atom. The summed E-state index contributed by atoms with van der Waals surface area (Å²) in [5.41, 5.74) is 0. The zero-order valence-electron chi connectivity index (χ0n) is 12.5. The van der Waals surface area contributed by atoms with Crippen LogP contribution in [-0.2, 0) is 6.42 Å². The van der Waals surface area contributed by atoms with Gasteiger partial charge in [-0.25, -0.2) is 4.98 Å². The molecule has 0 radical (unpaired) electrons. The van der Waals surface area contributed by atoms with Crippen molar-refractivity contribution in [2.75, 3.05) is 26.2 Å². The van der Waals surface area contributed by atoms with Gasteiger partial charge in [-0.15, -0.1) is 11.3 Å². The second-order valence-electron chi connectivity index (χ2n) is 5.87. The average Bonchev–Trinajstić information content (AvgIpc) is 3.15. The number of piperazine rings is 1. The molecule has 0 aromatic carbocycles. The smallest absolute Gasteiger partial charge is 0.265 e. The summed E-state index contributed by atoms with van der Waals surface area (Å²) in [4.78, 5) is 21.7. The van der Waals surface area contributed by atoms with Crippen LogP contribution in [0.25, 0.3) is 0 Å². The zero-order chi connectivity index (χ0) is 14.8. The van der Waals surface area contributed by atoms with Crippen molar-refractivity contribution < 1.29 is 9.90 Å². The Bertz CT molecular complexity index is 497. The predicted molar refractivity (Wildman–Crippen MR) is 82.6 cm³/mol. The van der Waals surface area contributed by atoms with Crippen LogP contribution in [0.2, 0.25) is 0 Å². The fraction of sp³-hybridized carbons (Fsp3) is 0.733. The molecular weight excluding hydrogens is 286 g/mol. The molecule has 0 bridgehead atoms. The summed E-state index contributed by atoms with van der Waals surface area (Å²) >= 11 is 1.51. The SMILES string of the molecule is CCc1ncc(C(=O)N2CCN([C@@H]3CCC[C@H]3O)CC2)s1. The van der Waals surface area contributed by atoms with E-state index in [1.807, 2.05) is 4.90 Å². The third-order valence-corrected chi connectivity index (χ3v) is 5.71. The Hall–Kier alpha value is -0.980. The minimum Gasteiger partial charge on any atom is -0.391 e. The minimum atomic E-state index is -0.180. The number of nitrogens with zero attached hydrogens (tertiary/aromatic N) is 3. The molecule has 2 heterocycles. The lowest BCUT2D eigenvalue weighted by atomic mass is 10.1. The number of thiazole rings is 1. The van der Waals surface area contributed by atoms with Crippen LogP contribution in [0.5, 0.6) is 0 Å². The first kappa shape index (κ1) is 14.9. The van der Waals surface area contributed by atoms with Gasteiger partial charge in [0.05, 0.1) is 17.3 Å². The van der Waals surface area contributed by atoms with Crippen molar-refractivity contribution in [2.24, 2.45) is 0 Å². The second-order valence-corrected chi connectivity index (χ2v) is 6.98. The Morgan fingerprint density at radius 2 is 2.14 bits per heavy atom. The lowest BCUT2D eigenvalue weighted by Gasteiger charge is -2.38. The standard InChI is InChI=1S/C15H23N3O2S/c1-2-14-16-10-13(21-14)15(20)18-8-6-17(7-9-18)11-4-3-5-12(11)19/h10-12,19H,2-9H2,1H3/t11-,12-/m1/s1. The first-order valence-electron chi connectivity index (χ1n) is 7.85. The molecular formula is C15H23N3O2S. The normalized spacial score (nSPS) is 27.2. The molecule has 1 saturated carbocycles. The Balaban J connectivity index is 1.56. The van der Waals surface area contributed by atoms with Crippen LogP contribution in [0, 0.1) is 0 Å². The van der Waals surface area contributed by atoms with E-state index >= 15 is 0 Å². The third-order valence-electron chi connectivity index (χ3n) is 4.58. The molecule has 1 aliphatic heterocycles. The van der Waals surface area contributed by atoms with Crippen molar-refractivity contribution in [3.8, 4) is 0 Å². The number of carbonyl (C=O) groups excluding carboxylic acids is 1. The van der Waals surface area contributed by atoms with Gasteiger partial charge in [-0.05, 0) is 25.7 Å². The molecule has 2 atom stereocenters. The highest BCUT2D eigenvalue weighted by atomic mass is 32.1. The maximum absolute atomic E-state index is 12.4. The molecule has 1 aliphatic carbocycles. The quantitative estimate of drug-likeness (QED) is 0.916. The first-order chi connectivity index (χ1) is 10.2. The molecule has 0 spiro atoms. The molecule has 2 fully saturated rings. The van der Waals surface area contributed by atoms with Crippen molar-refractivity contribution in [1.29, 1.82) is 0 Å². The molecule has 1 saturated heterocycles. The Labute approximate surface area is 129 Å². The average molecular weight is 309 g/mol. The van der Waals surface area contributed by atoms with E-state index in [-0.39, 0.29) is 12.0 Å². The molecule has 1 amide bonds. The molecule has 0 unspecified atom stereocenters. The molecule has 116 valence electrons. The summed E-state index contributed by atoms with van der Waals surface area (Å²) in [7, 11) is 0. The van der Waals surface area contributed by atoms with Crippen LogP contribution in [0.1, 0.15) is 40.9 Å².